The standard InChI is InChI=1S/C23H26N4O3/c28-21-12-8-7-11-20(21)26-22(29)13-3-1-2-4-14-23(30)27-25-16-17-15-24-19-10-6-5-9-18(17)19/h5-12,15-16,24,28H,1-4,13-14H2,(H,26,29)(H,27,30)/b25-16+. The van der Waals surface area contributed by atoms with Gasteiger partial charge in [0.05, 0.1) is 11.9 Å². The number of aromatic amines is 1. The van der Waals surface area contributed by atoms with Crippen LogP contribution in [0.1, 0.15) is 44.1 Å². The average Bonchev–Trinajstić information content (AvgIpc) is 3.15. The second-order valence-electron chi connectivity index (χ2n) is 7.06. The Hall–Kier alpha value is -3.61. The molecule has 1 heterocycles. The van der Waals surface area contributed by atoms with Gasteiger partial charge < -0.3 is 15.4 Å². The summed E-state index contributed by atoms with van der Waals surface area (Å²) in [4.78, 5) is 26.9. The molecule has 7 heteroatoms. The monoisotopic (exact) mass is 406 g/mol. The Morgan fingerprint density at radius 2 is 1.63 bits per heavy atom. The van der Waals surface area contributed by atoms with Gasteiger partial charge in [0, 0.05) is 35.5 Å². The first-order valence-electron chi connectivity index (χ1n) is 10.1. The first-order valence-corrected chi connectivity index (χ1v) is 10.1. The topological polar surface area (TPSA) is 107 Å². The molecule has 0 saturated heterocycles. The van der Waals surface area contributed by atoms with E-state index in [0.717, 1.165) is 42.1 Å². The van der Waals surface area contributed by atoms with E-state index < -0.39 is 0 Å². The van der Waals surface area contributed by atoms with Gasteiger partial charge >= 0.3 is 0 Å². The van der Waals surface area contributed by atoms with Crippen molar-refractivity contribution in [3.8, 4) is 5.75 Å². The summed E-state index contributed by atoms with van der Waals surface area (Å²) in [6, 6.07) is 14.6. The summed E-state index contributed by atoms with van der Waals surface area (Å²) in [5.74, 6) is -0.187. The van der Waals surface area contributed by atoms with Crippen LogP contribution in [-0.4, -0.2) is 28.1 Å². The number of phenols is 1. The molecule has 7 nitrogen and oxygen atoms in total. The summed E-state index contributed by atoms with van der Waals surface area (Å²) >= 11 is 0. The van der Waals surface area contributed by atoms with Gasteiger partial charge in [-0.3, -0.25) is 9.59 Å². The van der Waals surface area contributed by atoms with Crippen LogP contribution in [0.3, 0.4) is 0 Å². The fourth-order valence-corrected chi connectivity index (χ4v) is 3.15. The van der Waals surface area contributed by atoms with Gasteiger partial charge in [-0.15, -0.1) is 0 Å². The van der Waals surface area contributed by atoms with Crippen LogP contribution in [0, 0.1) is 0 Å². The summed E-state index contributed by atoms with van der Waals surface area (Å²) in [5.41, 5.74) is 4.93. The highest BCUT2D eigenvalue weighted by molar-refractivity contribution is 5.99. The number of nitrogens with zero attached hydrogens (tertiary/aromatic N) is 1. The molecule has 2 aromatic carbocycles. The van der Waals surface area contributed by atoms with E-state index in [-0.39, 0.29) is 17.6 Å². The molecule has 2 amide bonds. The maximum atomic E-state index is 11.9. The van der Waals surface area contributed by atoms with E-state index in [1.165, 1.54) is 6.07 Å². The lowest BCUT2D eigenvalue weighted by Gasteiger charge is -2.06. The normalized spacial score (nSPS) is 11.1. The van der Waals surface area contributed by atoms with E-state index in [0.29, 0.717) is 18.5 Å². The summed E-state index contributed by atoms with van der Waals surface area (Å²) in [6.45, 7) is 0. The predicted octanol–water partition coefficient (Wildman–Crippen LogP) is 4.30. The number of H-pyrrole nitrogens is 1. The lowest BCUT2D eigenvalue weighted by atomic mass is 10.1. The minimum Gasteiger partial charge on any atom is -0.506 e. The molecule has 4 N–H and O–H groups in total. The average molecular weight is 406 g/mol. The van der Waals surface area contributed by atoms with E-state index >= 15 is 0 Å². The first kappa shape index (κ1) is 21.1. The Bertz CT molecular complexity index is 1030. The second-order valence-corrected chi connectivity index (χ2v) is 7.06. The largest absolute Gasteiger partial charge is 0.506 e. The Kier molecular flexibility index (Phi) is 7.60. The third-order valence-electron chi connectivity index (χ3n) is 4.75. The molecule has 0 aliphatic rings. The number of carbonyl (C=O) groups is 2. The van der Waals surface area contributed by atoms with Crippen molar-refractivity contribution < 1.29 is 14.7 Å². The van der Waals surface area contributed by atoms with E-state index in [2.05, 4.69) is 20.8 Å². The van der Waals surface area contributed by atoms with Crippen LogP contribution in [0.5, 0.6) is 5.75 Å². The van der Waals surface area contributed by atoms with Crippen LogP contribution in [-0.2, 0) is 9.59 Å². The fourth-order valence-electron chi connectivity index (χ4n) is 3.15. The number of phenolic OH excluding ortho intramolecular Hbond substituents is 1. The maximum absolute atomic E-state index is 11.9. The predicted molar refractivity (Wildman–Crippen MR) is 118 cm³/mol. The number of amides is 2. The minimum atomic E-state index is -0.124. The molecule has 0 bridgehead atoms. The zero-order valence-electron chi connectivity index (χ0n) is 16.7. The third kappa shape index (κ3) is 6.20. The lowest BCUT2D eigenvalue weighted by Crippen LogP contribution is -2.16. The van der Waals surface area contributed by atoms with Gasteiger partial charge in [0.15, 0.2) is 0 Å². The molecule has 0 unspecified atom stereocenters. The van der Waals surface area contributed by atoms with E-state index in [1.54, 1.807) is 24.4 Å². The zero-order valence-corrected chi connectivity index (χ0v) is 16.7. The molecular formula is C23H26N4O3. The highest BCUT2D eigenvalue weighted by Gasteiger charge is 2.06. The fraction of sp³-hybridized carbons (Fsp3) is 0.261. The summed E-state index contributed by atoms with van der Waals surface area (Å²) in [6.07, 6.45) is 7.49. The minimum absolute atomic E-state index is 0.0595. The Morgan fingerprint density at radius 3 is 2.43 bits per heavy atom. The van der Waals surface area contributed by atoms with Crippen LogP contribution in [0.4, 0.5) is 5.69 Å². The van der Waals surface area contributed by atoms with Crippen LogP contribution in [0.15, 0.2) is 59.8 Å². The van der Waals surface area contributed by atoms with Crippen molar-refractivity contribution in [2.24, 2.45) is 5.10 Å². The summed E-state index contributed by atoms with van der Waals surface area (Å²) in [5, 5.41) is 17.4. The number of hydrazone groups is 1. The van der Waals surface area contributed by atoms with Crippen molar-refractivity contribution in [3.05, 3.63) is 60.3 Å². The van der Waals surface area contributed by atoms with E-state index in [1.807, 2.05) is 30.5 Å². The van der Waals surface area contributed by atoms with Gasteiger partial charge in [-0.25, -0.2) is 5.43 Å². The smallest absolute Gasteiger partial charge is 0.240 e. The van der Waals surface area contributed by atoms with E-state index in [4.69, 9.17) is 0 Å². The molecule has 0 spiro atoms. The number of anilines is 1. The summed E-state index contributed by atoms with van der Waals surface area (Å²) in [7, 11) is 0. The Labute approximate surface area is 175 Å². The number of hydrogen-bond donors (Lipinski definition) is 4. The maximum Gasteiger partial charge on any atom is 0.240 e. The number of para-hydroxylation sites is 3. The molecule has 0 saturated carbocycles. The van der Waals surface area contributed by atoms with E-state index in [9.17, 15) is 14.7 Å². The summed E-state index contributed by atoms with van der Waals surface area (Å²) < 4.78 is 0. The Morgan fingerprint density at radius 1 is 0.933 bits per heavy atom. The number of fused-ring (bicyclic) bond motifs is 1. The van der Waals surface area contributed by atoms with Gasteiger partial charge in [0.2, 0.25) is 11.8 Å². The number of unbranched alkanes of at least 4 members (excludes halogenated alkanes) is 3. The number of aromatic hydroxyl groups is 1. The SMILES string of the molecule is O=C(CCCCCCC(=O)Nc1ccccc1O)N/N=C/c1c[nH]c2ccccc12. The first-order chi connectivity index (χ1) is 14.6. The lowest BCUT2D eigenvalue weighted by molar-refractivity contribution is -0.121. The number of hydrogen-bond acceptors (Lipinski definition) is 4. The molecule has 0 atom stereocenters. The number of carbonyl (C=O) groups excluding carboxylic acids is 2. The third-order valence-corrected chi connectivity index (χ3v) is 4.75. The van der Waals surface area contributed by atoms with Gasteiger partial charge in [0.25, 0.3) is 0 Å². The van der Waals surface area contributed by atoms with Crippen molar-refractivity contribution in [1.29, 1.82) is 0 Å². The van der Waals surface area contributed by atoms with Crippen molar-refractivity contribution in [2.45, 2.75) is 38.5 Å². The molecule has 3 aromatic rings. The molecule has 3 rings (SSSR count). The molecule has 30 heavy (non-hydrogen) atoms. The zero-order chi connectivity index (χ0) is 21.2. The molecular weight excluding hydrogens is 380 g/mol. The number of rotatable bonds is 10. The van der Waals surface area contributed by atoms with Gasteiger partial charge in [0.1, 0.15) is 5.75 Å². The molecule has 0 aliphatic carbocycles. The van der Waals surface area contributed by atoms with Crippen molar-refractivity contribution in [3.63, 3.8) is 0 Å². The van der Waals surface area contributed by atoms with Crippen LogP contribution >= 0.6 is 0 Å². The number of nitrogens with one attached hydrogen (secondary N) is 3. The highest BCUT2D eigenvalue weighted by Crippen LogP contribution is 2.21. The van der Waals surface area contributed by atoms with Gasteiger partial charge in [-0.05, 0) is 31.0 Å². The van der Waals surface area contributed by atoms with Crippen molar-refractivity contribution >= 4 is 34.6 Å². The molecule has 1 aromatic heterocycles. The molecule has 0 fully saturated rings. The molecule has 0 radical (unpaired) electrons. The quantitative estimate of drug-likeness (QED) is 0.174. The van der Waals surface area contributed by atoms with Crippen LogP contribution in [0.25, 0.3) is 10.9 Å². The van der Waals surface area contributed by atoms with Crippen molar-refractivity contribution in [1.82, 2.24) is 10.4 Å². The van der Waals surface area contributed by atoms with Crippen LogP contribution in [0.2, 0.25) is 0 Å². The molecule has 156 valence electrons. The Balaban J connectivity index is 1.27. The number of aromatic nitrogens is 1. The highest BCUT2D eigenvalue weighted by atomic mass is 16.3. The van der Waals surface area contributed by atoms with Crippen LogP contribution < -0.4 is 10.7 Å². The second kappa shape index (κ2) is 10.8. The van der Waals surface area contributed by atoms with Gasteiger partial charge in [-0.1, -0.05) is 43.2 Å². The number of benzene rings is 2. The van der Waals surface area contributed by atoms with Crippen molar-refractivity contribution in [2.75, 3.05) is 5.32 Å². The van der Waals surface area contributed by atoms with Gasteiger partial charge in [-0.2, -0.15) is 5.10 Å². The molecule has 0 aliphatic heterocycles.